The molecule has 1 aliphatic heterocycles. The van der Waals surface area contributed by atoms with E-state index in [1.807, 2.05) is 42.5 Å². The van der Waals surface area contributed by atoms with Crippen molar-refractivity contribution in [3.05, 3.63) is 149 Å². The first kappa shape index (κ1) is 28.4. The fourth-order valence-electron chi connectivity index (χ4n) is 7.39. The predicted molar refractivity (Wildman–Crippen MR) is 194 cm³/mol. The smallest absolute Gasteiger partial charge is 0.197 e. The first-order valence-corrected chi connectivity index (χ1v) is 19.4. The van der Waals surface area contributed by atoms with E-state index in [1.165, 1.54) is 33.1 Å². The van der Waals surface area contributed by atoms with Crippen molar-refractivity contribution in [2.75, 3.05) is 4.90 Å². The molecule has 2 aliphatic rings. The van der Waals surface area contributed by atoms with Crippen LogP contribution >= 0.6 is 0 Å². The Kier molecular flexibility index (Phi) is 6.16. The summed E-state index contributed by atoms with van der Waals surface area (Å²) in [6.45, 7) is 11.9. The Morgan fingerprint density at radius 2 is 1.26 bits per heavy atom. The molecule has 0 atom stereocenters. The Balaban J connectivity index is 1.28. The van der Waals surface area contributed by atoms with Crippen molar-refractivity contribution in [3.8, 4) is 0 Å². The molecule has 0 spiro atoms. The second kappa shape index (κ2) is 9.97. The Morgan fingerprint density at radius 1 is 0.630 bits per heavy atom. The fourth-order valence-corrected chi connectivity index (χ4v) is 8.56. The Hall–Kier alpha value is -5.06. The Bertz CT molecular complexity index is 2250. The molecule has 6 aromatic rings. The summed E-state index contributed by atoms with van der Waals surface area (Å²) in [4.78, 5) is 29.4. The molecule has 6 aromatic carbocycles. The van der Waals surface area contributed by atoms with Gasteiger partial charge in [0.1, 0.15) is 0 Å². The third kappa shape index (κ3) is 4.24. The predicted octanol–water partition coefficient (Wildman–Crippen LogP) is 10.1. The lowest BCUT2D eigenvalue weighted by Crippen LogP contribution is -2.40. The monoisotopic (exact) mass is 613 g/mol. The maximum absolute atomic E-state index is 13.5. The molecule has 0 unspecified atom stereocenters. The van der Waals surface area contributed by atoms with Crippen molar-refractivity contribution >= 4 is 69.5 Å². The first-order valence-electron chi connectivity index (χ1n) is 15.9. The highest BCUT2D eigenvalue weighted by atomic mass is 28.3. The van der Waals surface area contributed by atoms with Gasteiger partial charge in [0.25, 0.3) is 0 Å². The van der Waals surface area contributed by atoms with E-state index < -0.39 is 8.07 Å². The number of rotatable bonds is 3. The van der Waals surface area contributed by atoms with Crippen LogP contribution in [0.2, 0.25) is 19.6 Å². The van der Waals surface area contributed by atoms with E-state index in [4.69, 9.17) is 0 Å². The van der Waals surface area contributed by atoms with Gasteiger partial charge in [-0.2, -0.15) is 0 Å². The van der Waals surface area contributed by atoms with Gasteiger partial charge in [-0.25, -0.2) is 0 Å². The van der Waals surface area contributed by atoms with Crippen LogP contribution in [0.5, 0.6) is 0 Å². The van der Waals surface area contributed by atoms with Crippen molar-refractivity contribution in [3.63, 3.8) is 0 Å². The van der Waals surface area contributed by atoms with Gasteiger partial charge in [0.2, 0.25) is 0 Å². The summed E-state index contributed by atoms with van der Waals surface area (Å²) in [7, 11) is -1.56. The lowest BCUT2D eigenvalue weighted by atomic mass is 9.71. The number of ketones is 2. The molecule has 0 saturated heterocycles. The quantitative estimate of drug-likeness (QED) is 0.113. The molecule has 0 aromatic heterocycles. The molecule has 0 fully saturated rings. The Morgan fingerprint density at radius 3 is 1.91 bits per heavy atom. The lowest BCUT2D eigenvalue weighted by Gasteiger charge is -2.43. The van der Waals surface area contributed by atoms with Crippen LogP contribution in [0.25, 0.3) is 27.6 Å². The number of carbonyl (C=O) groups excluding carboxylic acids is 2. The highest BCUT2D eigenvalue weighted by Gasteiger charge is 2.39. The van der Waals surface area contributed by atoms with Gasteiger partial charge in [-0.1, -0.05) is 111 Å². The normalized spacial score (nSPS) is 15.2. The molecular formula is C42H35NO2Si. The van der Waals surface area contributed by atoms with E-state index >= 15 is 0 Å². The standard InChI is InChI=1S/C42H35NO2Si/c1-42(2)36-25-31(46(3,4)5)17-20-37(36)43(30-13-7-6-8-14-30)38-19-16-29-21-26(15-18-32(29)39(38)42)22-35-40(44)33-23-27-11-9-10-12-28(27)24-34(33)41(35)45/h6-25H,1-5H3. The van der Waals surface area contributed by atoms with Crippen LogP contribution in [0.3, 0.4) is 0 Å². The minimum Gasteiger partial charge on any atom is -0.310 e. The van der Waals surface area contributed by atoms with Crippen molar-refractivity contribution in [1.82, 2.24) is 0 Å². The maximum Gasteiger partial charge on any atom is 0.197 e. The molecular weight excluding hydrogens is 579 g/mol. The second-order valence-corrected chi connectivity index (χ2v) is 19.3. The van der Waals surface area contributed by atoms with Gasteiger partial charge in [0.15, 0.2) is 11.6 Å². The largest absolute Gasteiger partial charge is 0.310 e. The van der Waals surface area contributed by atoms with Gasteiger partial charge in [-0.05, 0) is 86.8 Å². The number of carbonyl (C=O) groups is 2. The van der Waals surface area contributed by atoms with Crippen LogP contribution in [-0.4, -0.2) is 19.6 Å². The summed E-state index contributed by atoms with van der Waals surface area (Å²) in [5.74, 6) is -0.406. The van der Waals surface area contributed by atoms with Crippen LogP contribution in [0.1, 0.15) is 51.3 Å². The van der Waals surface area contributed by atoms with Crippen LogP contribution in [0.15, 0.2) is 121 Å². The fraction of sp³-hybridized carbons (Fsp3) is 0.143. The average molecular weight is 614 g/mol. The topological polar surface area (TPSA) is 37.4 Å². The lowest BCUT2D eigenvalue weighted by molar-refractivity contribution is 0.0990. The molecule has 0 N–H and O–H groups in total. The van der Waals surface area contributed by atoms with Gasteiger partial charge in [0.05, 0.1) is 25.0 Å². The molecule has 224 valence electrons. The molecule has 0 radical (unpaired) electrons. The molecule has 0 bridgehead atoms. The van der Waals surface area contributed by atoms with Crippen molar-refractivity contribution in [2.24, 2.45) is 0 Å². The summed E-state index contributed by atoms with van der Waals surface area (Å²) in [6, 6.07) is 40.0. The molecule has 0 amide bonds. The van der Waals surface area contributed by atoms with E-state index in [9.17, 15) is 9.59 Å². The maximum atomic E-state index is 13.5. The van der Waals surface area contributed by atoms with Gasteiger partial charge in [0, 0.05) is 22.2 Å². The number of benzene rings is 6. The van der Waals surface area contributed by atoms with E-state index in [0.717, 1.165) is 27.4 Å². The summed E-state index contributed by atoms with van der Waals surface area (Å²) in [5, 5.41) is 5.63. The number of hydrogen-bond donors (Lipinski definition) is 0. The third-order valence-corrected chi connectivity index (χ3v) is 11.9. The summed E-state index contributed by atoms with van der Waals surface area (Å²) in [5.41, 5.74) is 7.92. The molecule has 3 nitrogen and oxygen atoms in total. The highest BCUT2D eigenvalue weighted by molar-refractivity contribution is 6.88. The highest BCUT2D eigenvalue weighted by Crippen LogP contribution is 2.53. The van der Waals surface area contributed by atoms with Gasteiger partial charge >= 0.3 is 0 Å². The second-order valence-electron chi connectivity index (χ2n) is 14.2. The Labute approximate surface area is 270 Å². The molecule has 0 saturated carbocycles. The van der Waals surface area contributed by atoms with Gasteiger partial charge in [-0.3, -0.25) is 9.59 Å². The third-order valence-electron chi connectivity index (χ3n) is 9.85. The van der Waals surface area contributed by atoms with Crippen LogP contribution in [-0.2, 0) is 5.41 Å². The number of para-hydroxylation sites is 1. The molecule has 1 heterocycles. The van der Waals surface area contributed by atoms with Crippen LogP contribution < -0.4 is 10.1 Å². The van der Waals surface area contributed by atoms with Gasteiger partial charge < -0.3 is 4.90 Å². The number of allylic oxidation sites excluding steroid dienone is 1. The minimum atomic E-state index is -1.56. The minimum absolute atomic E-state index is 0.203. The number of anilines is 3. The zero-order chi connectivity index (χ0) is 32.0. The van der Waals surface area contributed by atoms with E-state index in [-0.39, 0.29) is 22.6 Å². The average Bonchev–Trinajstić information content (AvgIpc) is 3.27. The number of Topliss-reactive ketones (excluding diaryl/α,β-unsaturated/α-hetero) is 2. The summed E-state index contributed by atoms with van der Waals surface area (Å²) < 4.78 is 0. The number of hydrogen-bond acceptors (Lipinski definition) is 3. The van der Waals surface area contributed by atoms with E-state index in [0.29, 0.717) is 11.1 Å². The summed E-state index contributed by atoms with van der Waals surface area (Å²) in [6.07, 6.45) is 1.77. The van der Waals surface area contributed by atoms with Gasteiger partial charge in [-0.15, -0.1) is 0 Å². The number of nitrogens with zero attached hydrogens (tertiary/aromatic N) is 1. The van der Waals surface area contributed by atoms with Crippen molar-refractivity contribution < 1.29 is 9.59 Å². The zero-order valence-corrected chi connectivity index (χ0v) is 27.8. The SMILES string of the molecule is CC1(C)c2cc([Si](C)(C)C)ccc2N(c2ccccc2)c2ccc3cc(C=C4C(=O)c5cc6ccccc6cc5C4=O)ccc3c21. The zero-order valence-electron chi connectivity index (χ0n) is 26.8. The number of fused-ring (bicyclic) bond motifs is 6. The summed E-state index contributed by atoms with van der Waals surface area (Å²) >= 11 is 0. The van der Waals surface area contributed by atoms with E-state index in [1.54, 1.807) is 6.08 Å². The molecule has 4 heteroatoms. The molecule has 8 rings (SSSR count). The van der Waals surface area contributed by atoms with E-state index in [2.05, 4.69) is 111 Å². The van der Waals surface area contributed by atoms with Crippen molar-refractivity contribution in [1.29, 1.82) is 0 Å². The molecule has 1 aliphatic carbocycles. The first-order chi connectivity index (χ1) is 22.0. The van der Waals surface area contributed by atoms with Crippen LogP contribution in [0, 0.1) is 0 Å². The van der Waals surface area contributed by atoms with Crippen molar-refractivity contribution in [2.45, 2.75) is 38.9 Å². The molecule has 46 heavy (non-hydrogen) atoms. The van der Waals surface area contributed by atoms with Crippen LogP contribution in [0.4, 0.5) is 17.1 Å².